The third-order valence-corrected chi connectivity index (χ3v) is 4.77. The quantitative estimate of drug-likeness (QED) is 0.883. The molecule has 0 aromatic heterocycles. The fourth-order valence-electron chi connectivity index (χ4n) is 3.63. The van der Waals surface area contributed by atoms with Crippen LogP contribution in [0.3, 0.4) is 0 Å². The first-order valence-corrected chi connectivity index (χ1v) is 8.52. The van der Waals surface area contributed by atoms with Crippen molar-refractivity contribution in [2.45, 2.75) is 59.0 Å². The van der Waals surface area contributed by atoms with Crippen LogP contribution in [0.25, 0.3) is 0 Å². The van der Waals surface area contributed by atoms with Gasteiger partial charge in [-0.1, -0.05) is 13.3 Å². The normalized spacial score (nSPS) is 24.3. The molecule has 1 aromatic rings. The molecule has 4 nitrogen and oxygen atoms in total. The van der Waals surface area contributed by atoms with E-state index in [1.807, 2.05) is 32.9 Å². The topological polar surface area (TPSA) is 47.6 Å². The third-order valence-electron chi connectivity index (χ3n) is 4.77. The molecule has 2 unspecified atom stereocenters. The molecule has 0 saturated heterocycles. The predicted molar refractivity (Wildman–Crippen MR) is 93.1 cm³/mol. The molecule has 1 aliphatic carbocycles. The summed E-state index contributed by atoms with van der Waals surface area (Å²) in [7, 11) is 1.65. The van der Waals surface area contributed by atoms with Gasteiger partial charge < -0.3 is 14.8 Å². The van der Waals surface area contributed by atoms with E-state index in [0.717, 1.165) is 41.8 Å². The molecule has 2 atom stereocenters. The van der Waals surface area contributed by atoms with E-state index in [9.17, 15) is 4.79 Å². The summed E-state index contributed by atoms with van der Waals surface area (Å²) in [5.41, 5.74) is 2.18. The van der Waals surface area contributed by atoms with Crippen LogP contribution in [0, 0.1) is 19.8 Å². The molecular weight excluding hydrogens is 290 g/mol. The summed E-state index contributed by atoms with van der Waals surface area (Å²) in [5, 5.41) is 3.06. The second-order valence-electron chi connectivity index (χ2n) is 6.73. The molecule has 1 N–H and O–H groups in total. The van der Waals surface area contributed by atoms with Gasteiger partial charge in [-0.15, -0.1) is 0 Å². The minimum absolute atomic E-state index is 0.0329. The number of rotatable bonds is 5. The largest absolute Gasteiger partial charge is 0.493 e. The molecule has 1 aromatic carbocycles. The van der Waals surface area contributed by atoms with E-state index in [2.05, 4.69) is 12.2 Å². The number of hydrogen-bond acceptors (Lipinski definition) is 3. The average molecular weight is 319 g/mol. The Balaban J connectivity index is 2.19. The van der Waals surface area contributed by atoms with E-state index in [1.165, 1.54) is 6.42 Å². The molecule has 23 heavy (non-hydrogen) atoms. The van der Waals surface area contributed by atoms with Crippen molar-refractivity contribution in [3.63, 3.8) is 0 Å². The van der Waals surface area contributed by atoms with Gasteiger partial charge in [0.2, 0.25) is 0 Å². The van der Waals surface area contributed by atoms with Gasteiger partial charge in [0, 0.05) is 12.8 Å². The highest BCUT2D eigenvalue weighted by Gasteiger charge is 2.42. The number of ether oxygens (including phenoxy) is 2. The maximum absolute atomic E-state index is 12.8. The molecule has 1 aliphatic rings. The van der Waals surface area contributed by atoms with Gasteiger partial charge in [0.15, 0.2) is 0 Å². The molecule has 0 spiro atoms. The van der Waals surface area contributed by atoms with Gasteiger partial charge in [0.25, 0.3) is 5.91 Å². The number of benzene rings is 1. The summed E-state index contributed by atoms with van der Waals surface area (Å²) >= 11 is 0. The Morgan fingerprint density at radius 2 is 2.00 bits per heavy atom. The Morgan fingerprint density at radius 3 is 2.52 bits per heavy atom. The van der Waals surface area contributed by atoms with E-state index in [4.69, 9.17) is 9.47 Å². The van der Waals surface area contributed by atoms with Crippen molar-refractivity contribution in [2.75, 3.05) is 19.0 Å². The maximum Gasteiger partial charge on any atom is 0.256 e. The number of amides is 1. The third kappa shape index (κ3) is 3.86. The van der Waals surface area contributed by atoms with Gasteiger partial charge in [-0.05, 0) is 69.2 Å². The van der Waals surface area contributed by atoms with Crippen LogP contribution in [0.5, 0.6) is 5.75 Å². The standard InChI is InChI=1S/C19H29NO3/c1-6-23-17-14(3)10-16(11-15(17)4)20-18(21)19(22-5)9-7-8-13(2)12-19/h10-11,13H,6-9,12H2,1-5H3,(H,20,21). The highest BCUT2D eigenvalue weighted by molar-refractivity contribution is 5.97. The van der Waals surface area contributed by atoms with Gasteiger partial charge in [-0.2, -0.15) is 0 Å². The van der Waals surface area contributed by atoms with Crippen molar-refractivity contribution in [2.24, 2.45) is 5.92 Å². The van der Waals surface area contributed by atoms with Crippen LogP contribution in [0.1, 0.15) is 50.7 Å². The summed E-state index contributed by atoms with van der Waals surface area (Å²) in [6, 6.07) is 3.93. The second-order valence-corrected chi connectivity index (χ2v) is 6.73. The van der Waals surface area contributed by atoms with Crippen LogP contribution in [0.4, 0.5) is 5.69 Å². The van der Waals surface area contributed by atoms with Crippen LogP contribution in [-0.2, 0) is 9.53 Å². The fourth-order valence-corrected chi connectivity index (χ4v) is 3.63. The molecule has 1 amide bonds. The Kier molecular flexibility index (Phi) is 5.69. The highest BCUT2D eigenvalue weighted by atomic mass is 16.5. The van der Waals surface area contributed by atoms with Crippen LogP contribution in [0.2, 0.25) is 0 Å². The lowest BCUT2D eigenvalue weighted by Gasteiger charge is -2.37. The first-order chi connectivity index (χ1) is 10.9. The summed E-state index contributed by atoms with van der Waals surface area (Å²) in [4.78, 5) is 12.8. The first-order valence-electron chi connectivity index (χ1n) is 8.52. The summed E-state index contributed by atoms with van der Waals surface area (Å²) in [6.45, 7) is 8.80. The highest BCUT2D eigenvalue weighted by Crippen LogP contribution is 2.36. The molecular formula is C19H29NO3. The lowest BCUT2D eigenvalue weighted by molar-refractivity contribution is -0.143. The molecule has 2 rings (SSSR count). The van der Waals surface area contributed by atoms with E-state index < -0.39 is 5.60 Å². The summed E-state index contributed by atoms with van der Waals surface area (Å²) in [5.74, 6) is 1.38. The van der Waals surface area contributed by atoms with Crippen molar-refractivity contribution in [1.29, 1.82) is 0 Å². The van der Waals surface area contributed by atoms with Crippen LogP contribution >= 0.6 is 0 Å². The second kappa shape index (κ2) is 7.35. The predicted octanol–water partition coefficient (Wildman–Crippen LogP) is 4.24. The molecule has 0 bridgehead atoms. The van der Waals surface area contributed by atoms with Gasteiger partial charge in [0.05, 0.1) is 6.61 Å². The first kappa shape index (κ1) is 17.8. The van der Waals surface area contributed by atoms with Gasteiger partial charge in [-0.3, -0.25) is 4.79 Å². The van der Waals surface area contributed by atoms with Crippen molar-refractivity contribution in [1.82, 2.24) is 0 Å². The number of anilines is 1. The summed E-state index contributed by atoms with van der Waals surface area (Å²) < 4.78 is 11.3. The van der Waals surface area contributed by atoms with Crippen molar-refractivity contribution in [3.8, 4) is 5.75 Å². The minimum atomic E-state index is -0.696. The van der Waals surface area contributed by atoms with E-state index in [0.29, 0.717) is 12.5 Å². The van der Waals surface area contributed by atoms with E-state index >= 15 is 0 Å². The zero-order valence-corrected chi connectivity index (χ0v) is 15.0. The number of carbonyl (C=O) groups is 1. The monoisotopic (exact) mass is 319 g/mol. The molecule has 1 saturated carbocycles. The lowest BCUT2D eigenvalue weighted by atomic mass is 9.78. The zero-order valence-electron chi connectivity index (χ0n) is 15.0. The molecule has 4 heteroatoms. The van der Waals surface area contributed by atoms with Crippen molar-refractivity contribution >= 4 is 11.6 Å². The van der Waals surface area contributed by atoms with Gasteiger partial charge in [0.1, 0.15) is 11.4 Å². The Hall–Kier alpha value is -1.55. The fraction of sp³-hybridized carbons (Fsp3) is 0.632. The number of nitrogens with one attached hydrogen (secondary N) is 1. The van der Waals surface area contributed by atoms with E-state index in [-0.39, 0.29) is 5.91 Å². The zero-order chi connectivity index (χ0) is 17.0. The van der Waals surface area contributed by atoms with E-state index in [1.54, 1.807) is 7.11 Å². The summed E-state index contributed by atoms with van der Waals surface area (Å²) in [6.07, 6.45) is 3.77. The Bertz CT molecular complexity index is 547. The smallest absolute Gasteiger partial charge is 0.256 e. The van der Waals surface area contributed by atoms with Crippen LogP contribution in [-0.4, -0.2) is 25.2 Å². The number of methoxy groups -OCH3 is 1. The van der Waals surface area contributed by atoms with Crippen LogP contribution in [0.15, 0.2) is 12.1 Å². The Morgan fingerprint density at radius 1 is 1.35 bits per heavy atom. The lowest BCUT2D eigenvalue weighted by Crippen LogP contribution is -2.47. The van der Waals surface area contributed by atoms with Crippen LogP contribution < -0.4 is 10.1 Å². The molecule has 0 aliphatic heterocycles. The van der Waals surface area contributed by atoms with Gasteiger partial charge in [-0.25, -0.2) is 0 Å². The SMILES string of the molecule is CCOc1c(C)cc(NC(=O)C2(OC)CCCC(C)C2)cc1C. The number of carbonyl (C=O) groups excluding carboxylic acids is 1. The number of aryl methyl sites for hydroxylation is 2. The molecule has 0 heterocycles. The number of hydrogen-bond donors (Lipinski definition) is 1. The molecule has 128 valence electrons. The minimum Gasteiger partial charge on any atom is -0.493 e. The molecule has 0 radical (unpaired) electrons. The average Bonchev–Trinajstić information content (AvgIpc) is 2.50. The Labute approximate surface area is 139 Å². The van der Waals surface area contributed by atoms with Gasteiger partial charge >= 0.3 is 0 Å². The van der Waals surface area contributed by atoms with Crippen molar-refractivity contribution < 1.29 is 14.3 Å². The maximum atomic E-state index is 12.8. The van der Waals surface area contributed by atoms with Crippen molar-refractivity contribution in [3.05, 3.63) is 23.3 Å². The molecule has 1 fully saturated rings.